The minimum Gasteiger partial charge on any atom is -0.341 e. The summed E-state index contributed by atoms with van der Waals surface area (Å²) in [5.74, 6) is 4.55. The van der Waals surface area contributed by atoms with Crippen LogP contribution in [0.2, 0.25) is 0 Å². The molecule has 1 N–H and O–H groups in total. The van der Waals surface area contributed by atoms with Gasteiger partial charge < -0.3 is 10.2 Å². The molecule has 1 aliphatic rings. The van der Waals surface area contributed by atoms with E-state index in [2.05, 4.69) is 18.2 Å². The van der Waals surface area contributed by atoms with Gasteiger partial charge in [0.15, 0.2) is 0 Å². The Morgan fingerprint density at radius 3 is 3.18 bits per heavy atom. The van der Waals surface area contributed by atoms with Crippen molar-refractivity contribution >= 4 is 17.7 Å². The van der Waals surface area contributed by atoms with Crippen LogP contribution in [0.1, 0.15) is 26.2 Å². The summed E-state index contributed by atoms with van der Waals surface area (Å²) in [5.41, 5.74) is 0. The van der Waals surface area contributed by atoms with Crippen molar-refractivity contribution < 1.29 is 4.79 Å². The van der Waals surface area contributed by atoms with Gasteiger partial charge in [0, 0.05) is 18.8 Å². The third-order valence-electron chi connectivity index (χ3n) is 2.86. The Balaban J connectivity index is 2.29. The maximum absolute atomic E-state index is 12.1. The second-order valence-corrected chi connectivity index (χ2v) is 5.34. The Labute approximate surface area is 109 Å². The highest BCUT2D eigenvalue weighted by Gasteiger charge is 2.27. The van der Waals surface area contributed by atoms with Crippen LogP contribution in [0.25, 0.3) is 0 Å². The van der Waals surface area contributed by atoms with Crippen LogP contribution in [-0.4, -0.2) is 48.0 Å². The van der Waals surface area contributed by atoms with Gasteiger partial charge in [0.05, 0.1) is 11.8 Å². The number of thioether (sulfide) groups is 1. The van der Waals surface area contributed by atoms with Crippen molar-refractivity contribution in [3.8, 4) is 12.3 Å². The Kier molecular flexibility index (Phi) is 7.14. The Bertz CT molecular complexity index is 275. The van der Waals surface area contributed by atoms with Crippen molar-refractivity contribution in [2.24, 2.45) is 0 Å². The van der Waals surface area contributed by atoms with Crippen LogP contribution in [0.3, 0.4) is 0 Å². The summed E-state index contributed by atoms with van der Waals surface area (Å²) in [5, 5.41) is 3.32. The minimum atomic E-state index is 0.0429. The fourth-order valence-corrected chi connectivity index (χ4v) is 2.59. The lowest BCUT2D eigenvalue weighted by atomic mass is 10.0. The van der Waals surface area contributed by atoms with E-state index in [0.717, 1.165) is 50.4 Å². The maximum atomic E-state index is 12.1. The number of piperidine rings is 1. The number of carbonyl (C=O) groups excluding carboxylic acids is 1. The largest absolute Gasteiger partial charge is 0.341 e. The SMILES string of the molecule is C#CCSCCN1CCCC(NCCC)C1=O. The van der Waals surface area contributed by atoms with Gasteiger partial charge in [-0.05, 0) is 25.8 Å². The van der Waals surface area contributed by atoms with Crippen molar-refractivity contribution in [3.63, 3.8) is 0 Å². The second-order valence-electron chi connectivity index (χ2n) is 4.23. The quantitative estimate of drug-likeness (QED) is 0.550. The highest BCUT2D eigenvalue weighted by molar-refractivity contribution is 7.99. The predicted octanol–water partition coefficient (Wildman–Crippen LogP) is 1.34. The van der Waals surface area contributed by atoms with Gasteiger partial charge in [-0.3, -0.25) is 4.79 Å². The van der Waals surface area contributed by atoms with Crippen molar-refractivity contribution in [3.05, 3.63) is 0 Å². The van der Waals surface area contributed by atoms with E-state index in [1.165, 1.54) is 0 Å². The van der Waals surface area contributed by atoms with Crippen molar-refractivity contribution in [2.45, 2.75) is 32.2 Å². The first-order valence-electron chi connectivity index (χ1n) is 6.33. The van der Waals surface area contributed by atoms with E-state index in [-0.39, 0.29) is 11.9 Å². The van der Waals surface area contributed by atoms with Gasteiger partial charge in [0.2, 0.25) is 5.91 Å². The summed E-state index contributed by atoms with van der Waals surface area (Å²) in [4.78, 5) is 14.1. The third-order valence-corrected chi connectivity index (χ3v) is 3.70. The molecule has 1 rings (SSSR count). The lowest BCUT2D eigenvalue weighted by Gasteiger charge is -2.32. The normalized spacial score (nSPS) is 20.4. The zero-order valence-electron chi connectivity index (χ0n) is 10.6. The van der Waals surface area contributed by atoms with Crippen LogP contribution >= 0.6 is 11.8 Å². The van der Waals surface area contributed by atoms with Gasteiger partial charge in [-0.15, -0.1) is 18.2 Å². The summed E-state index contributed by atoms with van der Waals surface area (Å²) in [7, 11) is 0. The van der Waals surface area contributed by atoms with Gasteiger partial charge in [-0.2, -0.15) is 0 Å². The zero-order chi connectivity index (χ0) is 12.5. The first-order chi connectivity index (χ1) is 8.29. The number of hydrogen-bond acceptors (Lipinski definition) is 3. The summed E-state index contributed by atoms with van der Waals surface area (Å²) in [6.07, 6.45) is 8.34. The van der Waals surface area contributed by atoms with E-state index >= 15 is 0 Å². The number of rotatable bonds is 7. The molecule has 1 amide bonds. The smallest absolute Gasteiger partial charge is 0.239 e. The molecular weight excluding hydrogens is 232 g/mol. The van der Waals surface area contributed by atoms with Crippen molar-refractivity contribution in [1.29, 1.82) is 0 Å². The average molecular weight is 254 g/mol. The number of nitrogens with one attached hydrogen (secondary N) is 1. The molecule has 0 radical (unpaired) electrons. The molecule has 4 heteroatoms. The first-order valence-corrected chi connectivity index (χ1v) is 7.48. The molecular formula is C13H22N2OS. The lowest BCUT2D eigenvalue weighted by Crippen LogP contribution is -2.51. The minimum absolute atomic E-state index is 0.0429. The van der Waals surface area contributed by atoms with Gasteiger partial charge in [-0.1, -0.05) is 12.8 Å². The van der Waals surface area contributed by atoms with E-state index in [0.29, 0.717) is 0 Å². The highest BCUT2D eigenvalue weighted by Crippen LogP contribution is 2.12. The third kappa shape index (κ3) is 5.01. The molecule has 0 bridgehead atoms. The van der Waals surface area contributed by atoms with Crippen LogP contribution in [0.5, 0.6) is 0 Å². The molecule has 1 heterocycles. The summed E-state index contributed by atoms with van der Waals surface area (Å²) >= 11 is 1.72. The number of hydrogen-bond donors (Lipinski definition) is 1. The molecule has 0 spiro atoms. The molecule has 1 saturated heterocycles. The number of amides is 1. The van der Waals surface area contributed by atoms with Crippen molar-refractivity contribution in [2.75, 3.05) is 31.1 Å². The van der Waals surface area contributed by atoms with Crippen LogP contribution < -0.4 is 5.32 Å². The number of carbonyl (C=O) groups is 1. The molecule has 0 saturated carbocycles. The summed E-state index contributed by atoms with van der Waals surface area (Å²) in [6, 6.07) is 0.0429. The average Bonchev–Trinajstić information content (AvgIpc) is 2.35. The van der Waals surface area contributed by atoms with Crippen LogP contribution in [0.4, 0.5) is 0 Å². The number of likely N-dealkylation sites (tertiary alicyclic amines) is 1. The Morgan fingerprint density at radius 1 is 1.65 bits per heavy atom. The molecule has 1 atom stereocenters. The summed E-state index contributed by atoms with van der Waals surface area (Å²) < 4.78 is 0. The van der Waals surface area contributed by atoms with Crippen LogP contribution in [0.15, 0.2) is 0 Å². The Morgan fingerprint density at radius 2 is 2.47 bits per heavy atom. The van der Waals surface area contributed by atoms with Crippen LogP contribution in [0, 0.1) is 12.3 Å². The molecule has 0 aliphatic carbocycles. The fourth-order valence-electron chi connectivity index (χ4n) is 1.98. The first kappa shape index (κ1) is 14.4. The second kappa shape index (κ2) is 8.43. The molecule has 3 nitrogen and oxygen atoms in total. The van der Waals surface area contributed by atoms with E-state index in [9.17, 15) is 4.79 Å². The molecule has 96 valence electrons. The molecule has 0 aromatic heterocycles. The molecule has 0 aromatic rings. The number of nitrogens with zero attached hydrogens (tertiary/aromatic N) is 1. The highest BCUT2D eigenvalue weighted by atomic mass is 32.2. The standard InChI is InChI=1S/C13H22N2OS/c1-3-7-14-12-6-5-8-15(13(12)16)9-11-17-10-4-2/h2,12,14H,3,5-11H2,1H3. The van der Waals surface area contributed by atoms with Gasteiger partial charge >= 0.3 is 0 Å². The van der Waals surface area contributed by atoms with Gasteiger partial charge in [0.25, 0.3) is 0 Å². The molecule has 0 aromatic carbocycles. The monoisotopic (exact) mass is 254 g/mol. The van der Waals surface area contributed by atoms with E-state index in [1.807, 2.05) is 4.90 Å². The lowest BCUT2D eigenvalue weighted by molar-refractivity contribution is -0.135. The maximum Gasteiger partial charge on any atom is 0.239 e. The molecule has 1 fully saturated rings. The number of terminal acetylenes is 1. The molecule has 1 unspecified atom stereocenters. The molecule has 1 aliphatic heterocycles. The zero-order valence-corrected chi connectivity index (χ0v) is 11.4. The summed E-state index contributed by atoms with van der Waals surface area (Å²) in [6.45, 7) is 4.78. The topological polar surface area (TPSA) is 32.3 Å². The van der Waals surface area contributed by atoms with Gasteiger partial charge in [0.1, 0.15) is 0 Å². The van der Waals surface area contributed by atoms with E-state index in [4.69, 9.17) is 6.42 Å². The fraction of sp³-hybridized carbons (Fsp3) is 0.769. The molecule has 17 heavy (non-hydrogen) atoms. The predicted molar refractivity (Wildman–Crippen MR) is 74.1 cm³/mol. The van der Waals surface area contributed by atoms with Crippen LogP contribution in [-0.2, 0) is 4.79 Å². The van der Waals surface area contributed by atoms with E-state index in [1.54, 1.807) is 11.8 Å². The van der Waals surface area contributed by atoms with Gasteiger partial charge in [-0.25, -0.2) is 0 Å². The van der Waals surface area contributed by atoms with E-state index < -0.39 is 0 Å². The Hall–Kier alpha value is -0.660. The van der Waals surface area contributed by atoms with Crippen molar-refractivity contribution in [1.82, 2.24) is 10.2 Å².